The number of carbonyl (C=O) groups is 2. The molecule has 36 heavy (non-hydrogen) atoms. The van der Waals surface area contributed by atoms with Crippen molar-refractivity contribution in [2.45, 2.75) is 88.6 Å². The Morgan fingerprint density at radius 1 is 0.944 bits per heavy atom. The van der Waals surface area contributed by atoms with Gasteiger partial charge in [-0.05, 0) is 44.1 Å². The standard InChI is InChI=1S/C27H44O8S/c1-5-20-34-22-24(35-21-23-14-9-8-10-15-23)16-13-19-27(26(29)33-3,36(4,30)31)18-12-7-6-11-17-25(28)32-2/h8-10,14-15,24H,5-7,11-13,16-22H2,1-4H3. The Labute approximate surface area is 216 Å². The molecule has 0 N–H and O–H groups in total. The molecule has 0 aliphatic heterocycles. The van der Waals surface area contributed by atoms with Gasteiger partial charge in [0.2, 0.25) is 0 Å². The van der Waals surface area contributed by atoms with Crippen LogP contribution in [0, 0.1) is 0 Å². The quantitative estimate of drug-likeness (QED) is 0.178. The largest absolute Gasteiger partial charge is 0.469 e. The molecule has 2 atom stereocenters. The van der Waals surface area contributed by atoms with Crippen LogP contribution >= 0.6 is 0 Å². The minimum Gasteiger partial charge on any atom is -0.469 e. The molecule has 0 bridgehead atoms. The normalized spacial score (nSPS) is 14.1. The van der Waals surface area contributed by atoms with Crippen molar-refractivity contribution in [3.63, 3.8) is 0 Å². The molecule has 0 fully saturated rings. The lowest BCUT2D eigenvalue weighted by Crippen LogP contribution is -2.47. The van der Waals surface area contributed by atoms with Crippen molar-refractivity contribution in [2.24, 2.45) is 0 Å². The van der Waals surface area contributed by atoms with E-state index in [0.29, 0.717) is 58.3 Å². The first kappa shape index (κ1) is 32.1. The molecule has 206 valence electrons. The lowest BCUT2D eigenvalue weighted by atomic mass is 9.93. The Morgan fingerprint density at radius 3 is 2.22 bits per heavy atom. The van der Waals surface area contributed by atoms with Crippen LogP contribution in [0.15, 0.2) is 30.3 Å². The molecule has 0 radical (unpaired) electrons. The molecule has 9 heteroatoms. The highest BCUT2D eigenvalue weighted by Crippen LogP contribution is 2.32. The molecular formula is C27H44O8S. The maximum Gasteiger partial charge on any atom is 0.327 e. The van der Waals surface area contributed by atoms with Crippen LogP contribution in [0.3, 0.4) is 0 Å². The van der Waals surface area contributed by atoms with Crippen molar-refractivity contribution in [1.82, 2.24) is 0 Å². The second kappa shape index (κ2) is 17.5. The molecule has 0 saturated heterocycles. The summed E-state index contributed by atoms with van der Waals surface area (Å²) in [6.07, 6.45) is 6.13. The molecule has 0 amide bonds. The number of rotatable bonds is 20. The monoisotopic (exact) mass is 528 g/mol. The number of carbonyl (C=O) groups excluding carboxylic acids is 2. The predicted molar refractivity (Wildman–Crippen MR) is 139 cm³/mol. The highest BCUT2D eigenvalue weighted by atomic mass is 32.2. The molecule has 8 nitrogen and oxygen atoms in total. The smallest absolute Gasteiger partial charge is 0.327 e. The van der Waals surface area contributed by atoms with E-state index < -0.39 is 20.6 Å². The van der Waals surface area contributed by atoms with Gasteiger partial charge in [-0.15, -0.1) is 0 Å². The topological polar surface area (TPSA) is 105 Å². The van der Waals surface area contributed by atoms with Crippen molar-refractivity contribution in [3.8, 4) is 0 Å². The third kappa shape index (κ3) is 11.4. The average molecular weight is 529 g/mol. The highest BCUT2D eigenvalue weighted by Gasteiger charge is 2.48. The highest BCUT2D eigenvalue weighted by molar-refractivity contribution is 7.92. The molecule has 0 spiro atoms. The maximum atomic E-state index is 12.9. The zero-order valence-corrected chi connectivity index (χ0v) is 23.1. The molecule has 1 rings (SSSR count). The summed E-state index contributed by atoms with van der Waals surface area (Å²) >= 11 is 0. The van der Waals surface area contributed by atoms with E-state index in [1.54, 1.807) is 0 Å². The summed E-state index contributed by atoms with van der Waals surface area (Å²) in [6, 6.07) is 9.82. The first-order chi connectivity index (χ1) is 17.2. The molecule has 0 aromatic heterocycles. The average Bonchev–Trinajstić information content (AvgIpc) is 2.87. The van der Waals surface area contributed by atoms with Gasteiger partial charge < -0.3 is 18.9 Å². The van der Waals surface area contributed by atoms with Crippen LogP contribution in [0.4, 0.5) is 0 Å². The fourth-order valence-electron chi connectivity index (χ4n) is 4.15. The van der Waals surface area contributed by atoms with Gasteiger partial charge in [0.05, 0.1) is 33.5 Å². The van der Waals surface area contributed by atoms with Crippen LogP contribution in [-0.4, -0.2) is 64.9 Å². The van der Waals surface area contributed by atoms with Crippen molar-refractivity contribution in [3.05, 3.63) is 35.9 Å². The van der Waals surface area contributed by atoms with Crippen LogP contribution < -0.4 is 0 Å². The Kier molecular flexibility index (Phi) is 15.6. The van der Waals surface area contributed by atoms with Gasteiger partial charge in [0, 0.05) is 19.3 Å². The molecule has 1 aromatic carbocycles. The van der Waals surface area contributed by atoms with Gasteiger partial charge in [0.25, 0.3) is 0 Å². The van der Waals surface area contributed by atoms with Gasteiger partial charge in [-0.2, -0.15) is 0 Å². The Morgan fingerprint density at radius 2 is 1.61 bits per heavy atom. The fraction of sp³-hybridized carbons (Fsp3) is 0.704. The molecular weight excluding hydrogens is 484 g/mol. The SMILES string of the molecule is CCCOCC(CCCC(CCCCCCC(=O)OC)(C(=O)OC)S(C)(=O)=O)OCc1ccccc1. The zero-order chi connectivity index (χ0) is 26.9. The van der Waals surface area contributed by atoms with E-state index in [1.165, 1.54) is 14.2 Å². The predicted octanol–water partition coefficient (Wildman–Crippen LogP) is 4.64. The fourth-order valence-corrected chi connectivity index (χ4v) is 5.57. The van der Waals surface area contributed by atoms with E-state index in [0.717, 1.165) is 24.7 Å². The van der Waals surface area contributed by atoms with E-state index >= 15 is 0 Å². The Hall–Kier alpha value is -1.97. The second-order valence-corrected chi connectivity index (χ2v) is 11.5. The number of unbranched alkanes of at least 4 members (excludes halogenated alkanes) is 3. The van der Waals surface area contributed by atoms with E-state index in [2.05, 4.69) is 4.74 Å². The summed E-state index contributed by atoms with van der Waals surface area (Å²) < 4.78 is 45.6. The van der Waals surface area contributed by atoms with E-state index in [1.807, 2.05) is 37.3 Å². The minimum atomic E-state index is -3.74. The summed E-state index contributed by atoms with van der Waals surface area (Å²) in [5.74, 6) is -0.981. The van der Waals surface area contributed by atoms with Gasteiger partial charge in [-0.3, -0.25) is 9.59 Å². The maximum absolute atomic E-state index is 12.9. The Balaban J connectivity index is 2.79. The summed E-state index contributed by atoms with van der Waals surface area (Å²) in [6.45, 7) is 3.49. The van der Waals surface area contributed by atoms with Crippen LogP contribution in [0.25, 0.3) is 0 Å². The van der Waals surface area contributed by atoms with Crippen LogP contribution in [0.1, 0.15) is 76.7 Å². The van der Waals surface area contributed by atoms with Crippen molar-refractivity contribution < 1.29 is 37.0 Å². The number of sulfone groups is 1. The van der Waals surface area contributed by atoms with Crippen molar-refractivity contribution >= 4 is 21.8 Å². The van der Waals surface area contributed by atoms with Gasteiger partial charge in [0.15, 0.2) is 14.6 Å². The van der Waals surface area contributed by atoms with E-state index in [9.17, 15) is 18.0 Å². The van der Waals surface area contributed by atoms with Crippen LogP contribution in [-0.2, 0) is 45.0 Å². The summed E-state index contributed by atoms with van der Waals surface area (Å²) in [4.78, 5) is 24.1. The van der Waals surface area contributed by atoms with Crippen LogP contribution in [0.5, 0.6) is 0 Å². The van der Waals surface area contributed by atoms with Gasteiger partial charge in [0.1, 0.15) is 0 Å². The molecule has 2 unspecified atom stereocenters. The third-order valence-corrected chi connectivity index (χ3v) is 8.29. The van der Waals surface area contributed by atoms with Gasteiger partial charge in [-0.1, -0.05) is 56.5 Å². The first-order valence-corrected chi connectivity index (χ1v) is 14.7. The van der Waals surface area contributed by atoms with Gasteiger partial charge in [-0.25, -0.2) is 8.42 Å². The lowest BCUT2D eigenvalue weighted by Gasteiger charge is -2.30. The second-order valence-electron chi connectivity index (χ2n) is 9.13. The van der Waals surface area contributed by atoms with Crippen molar-refractivity contribution in [2.75, 3.05) is 33.7 Å². The number of esters is 2. The van der Waals surface area contributed by atoms with Crippen molar-refractivity contribution in [1.29, 1.82) is 0 Å². The third-order valence-electron chi connectivity index (χ3n) is 6.29. The zero-order valence-electron chi connectivity index (χ0n) is 22.3. The Bertz CT molecular complexity index is 856. The number of hydrogen-bond acceptors (Lipinski definition) is 8. The molecule has 0 aliphatic rings. The molecule has 1 aromatic rings. The minimum absolute atomic E-state index is 0.152. The molecule has 0 heterocycles. The number of methoxy groups -OCH3 is 2. The van der Waals surface area contributed by atoms with E-state index in [4.69, 9.17) is 14.2 Å². The lowest BCUT2D eigenvalue weighted by molar-refractivity contribution is -0.144. The van der Waals surface area contributed by atoms with E-state index in [-0.39, 0.29) is 24.9 Å². The number of hydrogen-bond donors (Lipinski definition) is 0. The summed E-state index contributed by atoms with van der Waals surface area (Å²) in [5, 5.41) is 0. The number of ether oxygens (including phenoxy) is 4. The number of benzene rings is 1. The van der Waals surface area contributed by atoms with Gasteiger partial charge >= 0.3 is 11.9 Å². The first-order valence-electron chi connectivity index (χ1n) is 12.8. The molecule has 0 aliphatic carbocycles. The summed E-state index contributed by atoms with van der Waals surface area (Å²) in [5.41, 5.74) is 1.05. The summed E-state index contributed by atoms with van der Waals surface area (Å²) in [7, 11) is -1.16. The van der Waals surface area contributed by atoms with Crippen LogP contribution in [0.2, 0.25) is 0 Å². The molecule has 0 saturated carbocycles.